The molecule has 9 heteroatoms. The summed E-state index contributed by atoms with van der Waals surface area (Å²) in [6.07, 6.45) is 4.98. The zero-order valence-corrected chi connectivity index (χ0v) is 14.2. The predicted octanol–water partition coefficient (Wildman–Crippen LogP) is 1.54. The predicted molar refractivity (Wildman–Crippen MR) is 87.0 cm³/mol. The molecule has 1 saturated heterocycles. The van der Waals surface area contributed by atoms with Gasteiger partial charge in [-0.25, -0.2) is 0 Å². The van der Waals surface area contributed by atoms with E-state index in [1.807, 2.05) is 19.1 Å². The number of imide groups is 1. The maximum atomic E-state index is 12.3. The molecule has 1 aromatic heterocycles. The van der Waals surface area contributed by atoms with Crippen molar-refractivity contribution in [2.75, 3.05) is 17.6 Å². The van der Waals surface area contributed by atoms with Crippen LogP contribution in [0.2, 0.25) is 0 Å². The molecule has 3 rings (SSSR count). The lowest BCUT2D eigenvalue weighted by Gasteiger charge is -2.14. The Morgan fingerprint density at radius 2 is 1.96 bits per heavy atom. The number of aromatic nitrogens is 2. The summed E-state index contributed by atoms with van der Waals surface area (Å²) in [5, 5.41) is 10.8. The first-order valence-electron chi connectivity index (χ1n) is 7.36. The molecule has 0 aromatic carbocycles. The number of thioether (sulfide) groups is 1. The maximum absolute atomic E-state index is 12.3. The molecular formula is C14H16N4O3S2. The van der Waals surface area contributed by atoms with Crippen LogP contribution in [0.4, 0.5) is 5.13 Å². The summed E-state index contributed by atoms with van der Waals surface area (Å²) < 4.78 is 0.771. The third kappa shape index (κ3) is 3.30. The highest BCUT2D eigenvalue weighted by molar-refractivity contribution is 8.01. The van der Waals surface area contributed by atoms with Gasteiger partial charge in [0.15, 0.2) is 4.34 Å². The quantitative estimate of drug-likeness (QED) is 0.374. The first-order chi connectivity index (χ1) is 11.1. The van der Waals surface area contributed by atoms with Crippen LogP contribution in [-0.2, 0) is 14.4 Å². The summed E-state index contributed by atoms with van der Waals surface area (Å²) >= 11 is 2.81. The van der Waals surface area contributed by atoms with Crippen LogP contribution in [0.5, 0.6) is 0 Å². The van der Waals surface area contributed by atoms with Gasteiger partial charge >= 0.3 is 0 Å². The summed E-state index contributed by atoms with van der Waals surface area (Å²) in [6, 6.07) is 0. The standard InChI is InChI=1S/C14H16N4O3S2/c1-2-22-14-17-16-13(23-14)15-10(19)7-18-11(20)8-5-3-4-6-9(8)12(18)21/h3-4,8-9H,2,5-7H2,1H3,(H,15,16,19). The number of carbonyl (C=O) groups is 3. The number of nitrogens with zero attached hydrogens (tertiary/aromatic N) is 3. The molecule has 1 fully saturated rings. The van der Waals surface area contributed by atoms with E-state index in [0.29, 0.717) is 18.0 Å². The molecule has 2 unspecified atom stereocenters. The van der Waals surface area contributed by atoms with Crippen LogP contribution in [-0.4, -0.2) is 45.1 Å². The number of anilines is 1. The third-order valence-electron chi connectivity index (χ3n) is 3.82. The van der Waals surface area contributed by atoms with Crippen LogP contribution in [0.1, 0.15) is 19.8 Å². The van der Waals surface area contributed by atoms with E-state index in [1.54, 1.807) is 0 Å². The average Bonchev–Trinajstić information content (AvgIpc) is 3.07. The van der Waals surface area contributed by atoms with Gasteiger partial charge in [-0.15, -0.1) is 10.2 Å². The molecule has 0 spiro atoms. The molecule has 0 saturated carbocycles. The number of hydrogen-bond acceptors (Lipinski definition) is 7. The molecular weight excluding hydrogens is 336 g/mol. The first kappa shape index (κ1) is 16.1. The molecule has 3 amide bonds. The van der Waals surface area contributed by atoms with Crippen molar-refractivity contribution >= 4 is 46.0 Å². The SMILES string of the molecule is CCSc1nnc(NC(=O)CN2C(=O)C3CC=CCC3C2=O)s1. The van der Waals surface area contributed by atoms with Gasteiger partial charge in [0.25, 0.3) is 0 Å². The highest BCUT2D eigenvalue weighted by Crippen LogP contribution is 2.35. The Morgan fingerprint density at radius 1 is 1.30 bits per heavy atom. The molecule has 2 atom stereocenters. The minimum atomic E-state index is -0.428. The summed E-state index contributed by atoms with van der Waals surface area (Å²) in [5.41, 5.74) is 0. The van der Waals surface area contributed by atoms with Crippen molar-refractivity contribution in [2.24, 2.45) is 11.8 Å². The molecule has 2 aliphatic rings. The zero-order chi connectivity index (χ0) is 16.4. The molecule has 1 aliphatic heterocycles. The van der Waals surface area contributed by atoms with Crippen LogP contribution < -0.4 is 5.32 Å². The van der Waals surface area contributed by atoms with E-state index < -0.39 is 5.91 Å². The van der Waals surface area contributed by atoms with Gasteiger partial charge in [0.05, 0.1) is 11.8 Å². The van der Waals surface area contributed by atoms with E-state index >= 15 is 0 Å². The van der Waals surface area contributed by atoms with Crippen LogP contribution in [0, 0.1) is 11.8 Å². The molecule has 2 heterocycles. The second-order valence-corrected chi connectivity index (χ2v) is 7.76. The van der Waals surface area contributed by atoms with Gasteiger partial charge in [-0.05, 0) is 18.6 Å². The van der Waals surface area contributed by atoms with Crippen molar-refractivity contribution < 1.29 is 14.4 Å². The largest absolute Gasteiger partial charge is 0.299 e. The minimum absolute atomic E-state index is 0.251. The van der Waals surface area contributed by atoms with Crippen molar-refractivity contribution in [1.82, 2.24) is 15.1 Å². The van der Waals surface area contributed by atoms with E-state index in [9.17, 15) is 14.4 Å². The molecule has 1 aliphatic carbocycles. The molecule has 1 aromatic rings. The highest BCUT2D eigenvalue weighted by atomic mass is 32.2. The first-order valence-corrected chi connectivity index (χ1v) is 9.16. The average molecular weight is 352 g/mol. The fourth-order valence-corrected chi connectivity index (χ4v) is 4.43. The van der Waals surface area contributed by atoms with E-state index in [1.165, 1.54) is 23.1 Å². The van der Waals surface area contributed by atoms with Gasteiger partial charge in [-0.3, -0.25) is 24.6 Å². The van der Waals surface area contributed by atoms with Crippen molar-refractivity contribution in [3.8, 4) is 0 Å². The second kappa shape index (κ2) is 6.79. The molecule has 0 radical (unpaired) electrons. The normalized spacial score (nSPS) is 23.3. The maximum Gasteiger partial charge on any atom is 0.246 e. The van der Waals surface area contributed by atoms with Gasteiger partial charge in [0, 0.05) is 0 Å². The molecule has 7 nitrogen and oxygen atoms in total. The number of likely N-dealkylation sites (tertiary alicyclic amines) is 1. The summed E-state index contributed by atoms with van der Waals surface area (Å²) in [5.74, 6) is -0.680. The lowest BCUT2D eigenvalue weighted by atomic mass is 9.85. The van der Waals surface area contributed by atoms with Gasteiger partial charge in [-0.1, -0.05) is 42.2 Å². The zero-order valence-electron chi connectivity index (χ0n) is 12.5. The van der Waals surface area contributed by atoms with E-state index in [2.05, 4.69) is 15.5 Å². The Kier molecular flexibility index (Phi) is 4.76. The summed E-state index contributed by atoms with van der Waals surface area (Å²) in [7, 11) is 0. The van der Waals surface area contributed by atoms with Crippen molar-refractivity contribution in [3.63, 3.8) is 0 Å². The number of rotatable bonds is 5. The molecule has 0 bridgehead atoms. The molecule has 122 valence electrons. The van der Waals surface area contributed by atoms with Crippen molar-refractivity contribution in [2.45, 2.75) is 24.1 Å². The Balaban J connectivity index is 1.61. The Morgan fingerprint density at radius 3 is 2.57 bits per heavy atom. The lowest BCUT2D eigenvalue weighted by Crippen LogP contribution is -2.38. The summed E-state index contributed by atoms with van der Waals surface area (Å²) in [6.45, 7) is 1.74. The highest BCUT2D eigenvalue weighted by Gasteiger charge is 2.47. The number of nitrogens with one attached hydrogen (secondary N) is 1. The van der Waals surface area contributed by atoms with Crippen LogP contribution >= 0.6 is 23.1 Å². The van der Waals surface area contributed by atoms with Gasteiger partial charge in [-0.2, -0.15) is 0 Å². The third-order valence-corrected chi connectivity index (χ3v) is 5.68. The van der Waals surface area contributed by atoms with Crippen LogP contribution in [0.15, 0.2) is 16.5 Å². The monoisotopic (exact) mass is 352 g/mol. The van der Waals surface area contributed by atoms with E-state index in [0.717, 1.165) is 15.0 Å². The Hall–Kier alpha value is -1.74. The van der Waals surface area contributed by atoms with Crippen LogP contribution in [0.25, 0.3) is 0 Å². The van der Waals surface area contributed by atoms with Crippen LogP contribution in [0.3, 0.4) is 0 Å². The molecule has 1 N–H and O–H groups in total. The number of amides is 3. The molecule has 23 heavy (non-hydrogen) atoms. The van der Waals surface area contributed by atoms with E-state index in [4.69, 9.17) is 0 Å². The fourth-order valence-electron chi connectivity index (χ4n) is 2.77. The Labute approximate surface area is 141 Å². The van der Waals surface area contributed by atoms with Gasteiger partial charge < -0.3 is 0 Å². The van der Waals surface area contributed by atoms with E-state index in [-0.39, 0.29) is 30.2 Å². The number of hydrogen-bond donors (Lipinski definition) is 1. The second-order valence-electron chi connectivity index (χ2n) is 5.27. The van der Waals surface area contributed by atoms with Crippen molar-refractivity contribution in [1.29, 1.82) is 0 Å². The Bertz CT molecular complexity index is 647. The topological polar surface area (TPSA) is 92.3 Å². The van der Waals surface area contributed by atoms with Crippen molar-refractivity contribution in [3.05, 3.63) is 12.2 Å². The van der Waals surface area contributed by atoms with Gasteiger partial charge in [0.2, 0.25) is 22.9 Å². The smallest absolute Gasteiger partial charge is 0.246 e. The lowest BCUT2D eigenvalue weighted by molar-refractivity contribution is -0.142. The van der Waals surface area contributed by atoms with Gasteiger partial charge in [0.1, 0.15) is 6.54 Å². The number of carbonyl (C=O) groups excluding carboxylic acids is 3. The minimum Gasteiger partial charge on any atom is -0.299 e. The summed E-state index contributed by atoms with van der Waals surface area (Å²) in [4.78, 5) is 37.7. The fraction of sp³-hybridized carbons (Fsp3) is 0.500. The number of fused-ring (bicyclic) bond motifs is 1. The number of allylic oxidation sites excluding steroid dienone is 2.